The molecule has 0 radical (unpaired) electrons. The molecule has 1 unspecified atom stereocenters. The summed E-state index contributed by atoms with van der Waals surface area (Å²) in [6.07, 6.45) is 12.1. The van der Waals surface area contributed by atoms with E-state index in [2.05, 4.69) is 4.90 Å². The molecule has 0 spiro atoms. The summed E-state index contributed by atoms with van der Waals surface area (Å²) in [6, 6.07) is 0.460. The van der Waals surface area contributed by atoms with Gasteiger partial charge in [-0.15, -0.1) is 0 Å². The van der Waals surface area contributed by atoms with E-state index in [0.717, 1.165) is 29.7 Å². The summed E-state index contributed by atoms with van der Waals surface area (Å²) < 4.78 is 0. The Morgan fingerprint density at radius 3 is 2.11 bits per heavy atom. The van der Waals surface area contributed by atoms with Gasteiger partial charge in [0.15, 0.2) is 0 Å². The van der Waals surface area contributed by atoms with E-state index in [4.69, 9.17) is 5.73 Å². The van der Waals surface area contributed by atoms with Gasteiger partial charge in [0, 0.05) is 12.6 Å². The van der Waals surface area contributed by atoms with E-state index in [0.29, 0.717) is 6.04 Å². The Hall–Kier alpha value is -0.0800. The zero-order valence-corrected chi connectivity index (χ0v) is 11.6. The molecule has 0 amide bonds. The number of nitrogens with two attached hydrogens (primary N) is 1. The zero-order valence-electron chi connectivity index (χ0n) is 11.6. The molecule has 1 atom stereocenters. The van der Waals surface area contributed by atoms with Crippen molar-refractivity contribution in [3.63, 3.8) is 0 Å². The Morgan fingerprint density at radius 1 is 1.00 bits per heavy atom. The van der Waals surface area contributed by atoms with Crippen molar-refractivity contribution in [3.05, 3.63) is 0 Å². The van der Waals surface area contributed by atoms with Crippen molar-refractivity contribution in [3.8, 4) is 0 Å². The van der Waals surface area contributed by atoms with Gasteiger partial charge in [-0.05, 0) is 87.6 Å². The van der Waals surface area contributed by atoms with Gasteiger partial charge in [-0.25, -0.2) is 0 Å². The zero-order chi connectivity index (χ0) is 12.2. The molecule has 1 saturated heterocycles. The fourth-order valence-electron chi connectivity index (χ4n) is 6.06. The fraction of sp³-hybridized carbons (Fsp3) is 1.00. The van der Waals surface area contributed by atoms with Crippen LogP contribution in [0.3, 0.4) is 0 Å². The number of hydrogen-bond acceptors (Lipinski definition) is 2. The summed E-state index contributed by atoms with van der Waals surface area (Å²) >= 11 is 0. The van der Waals surface area contributed by atoms with Gasteiger partial charge in [0.2, 0.25) is 0 Å². The lowest BCUT2D eigenvalue weighted by atomic mass is 9.49. The maximum Gasteiger partial charge on any atom is 0.0180 e. The molecule has 2 N–H and O–H groups in total. The molecule has 4 bridgehead atoms. The third-order valence-electron chi connectivity index (χ3n) is 6.43. The Balaban J connectivity index is 1.39. The summed E-state index contributed by atoms with van der Waals surface area (Å²) in [4.78, 5) is 2.63. The minimum atomic E-state index is 0.460. The maximum atomic E-state index is 6.02. The highest BCUT2D eigenvalue weighted by Gasteiger charge is 2.50. The first-order chi connectivity index (χ1) is 8.71. The van der Waals surface area contributed by atoms with E-state index >= 15 is 0 Å². The van der Waals surface area contributed by atoms with Crippen LogP contribution in [0.25, 0.3) is 0 Å². The second kappa shape index (κ2) is 4.21. The molecule has 4 saturated carbocycles. The van der Waals surface area contributed by atoms with Crippen molar-refractivity contribution in [1.82, 2.24) is 4.90 Å². The van der Waals surface area contributed by atoms with E-state index in [1.54, 1.807) is 38.5 Å². The first-order valence-corrected chi connectivity index (χ1v) is 8.19. The molecule has 2 heteroatoms. The lowest BCUT2D eigenvalue weighted by molar-refractivity contribution is -0.0603. The molecule has 0 aromatic rings. The van der Waals surface area contributed by atoms with E-state index in [1.807, 2.05) is 0 Å². The maximum absolute atomic E-state index is 6.02. The lowest BCUT2D eigenvalue weighted by Gasteiger charge is -2.57. The van der Waals surface area contributed by atoms with E-state index in [9.17, 15) is 0 Å². The third kappa shape index (κ3) is 2.02. The van der Waals surface area contributed by atoms with Crippen molar-refractivity contribution in [2.45, 2.75) is 57.4 Å². The van der Waals surface area contributed by atoms with Crippen molar-refractivity contribution in [1.29, 1.82) is 0 Å². The predicted molar refractivity (Wildman–Crippen MR) is 74.3 cm³/mol. The van der Waals surface area contributed by atoms with Crippen LogP contribution >= 0.6 is 0 Å². The summed E-state index contributed by atoms with van der Waals surface area (Å²) in [5.41, 5.74) is 6.79. The summed E-state index contributed by atoms with van der Waals surface area (Å²) in [5.74, 6) is 3.33. The summed E-state index contributed by atoms with van der Waals surface area (Å²) in [6.45, 7) is 3.75. The van der Waals surface area contributed by atoms with Crippen LogP contribution in [0.2, 0.25) is 0 Å². The molecule has 0 aromatic carbocycles. The second-order valence-corrected chi connectivity index (χ2v) is 8.02. The Morgan fingerprint density at radius 2 is 1.61 bits per heavy atom. The van der Waals surface area contributed by atoms with Gasteiger partial charge in [0.05, 0.1) is 0 Å². The molecule has 1 heterocycles. The number of nitrogens with zero attached hydrogens (tertiary/aromatic N) is 1. The fourth-order valence-corrected chi connectivity index (χ4v) is 6.06. The standard InChI is InChI=1S/C16H28N2/c17-15-1-3-18(11-15)4-2-16-8-12-5-13(9-16)7-14(6-12)10-16/h12-15H,1-11,17H2. The first-order valence-electron chi connectivity index (χ1n) is 8.19. The molecule has 18 heavy (non-hydrogen) atoms. The molecule has 5 rings (SSSR count). The van der Waals surface area contributed by atoms with E-state index in [1.165, 1.54) is 25.9 Å². The molecule has 1 aliphatic heterocycles. The highest BCUT2D eigenvalue weighted by Crippen LogP contribution is 2.61. The monoisotopic (exact) mass is 248 g/mol. The van der Waals surface area contributed by atoms with Crippen LogP contribution in [0, 0.1) is 23.2 Å². The van der Waals surface area contributed by atoms with Crippen LogP contribution in [-0.2, 0) is 0 Å². The highest BCUT2D eigenvalue weighted by atomic mass is 15.2. The van der Waals surface area contributed by atoms with Crippen LogP contribution in [0.5, 0.6) is 0 Å². The van der Waals surface area contributed by atoms with Gasteiger partial charge in [0.25, 0.3) is 0 Å². The molecule has 5 aliphatic rings. The van der Waals surface area contributed by atoms with Crippen LogP contribution in [0.1, 0.15) is 51.4 Å². The van der Waals surface area contributed by atoms with Gasteiger partial charge < -0.3 is 10.6 Å². The molecule has 5 fully saturated rings. The van der Waals surface area contributed by atoms with Gasteiger partial charge >= 0.3 is 0 Å². The minimum Gasteiger partial charge on any atom is -0.326 e. The number of likely N-dealkylation sites (tertiary alicyclic amines) is 1. The Kier molecular flexibility index (Phi) is 2.74. The first kappa shape index (κ1) is 11.7. The van der Waals surface area contributed by atoms with E-state index in [-0.39, 0.29) is 0 Å². The summed E-state index contributed by atoms with van der Waals surface area (Å²) in [7, 11) is 0. The lowest BCUT2D eigenvalue weighted by Crippen LogP contribution is -2.47. The average Bonchev–Trinajstić information content (AvgIpc) is 2.71. The topological polar surface area (TPSA) is 29.3 Å². The molecule has 4 aliphatic carbocycles. The Labute approximate surface area is 111 Å². The molecule has 102 valence electrons. The van der Waals surface area contributed by atoms with Crippen molar-refractivity contribution >= 4 is 0 Å². The number of hydrogen-bond donors (Lipinski definition) is 1. The molecule has 0 aromatic heterocycles. The highest BCUT2D eigenvalue weighted by molar-refractivity contribution is 5.01. The minimum absolute atomic E-state index is 0.460. The van der Waals surface area contributed by atoms with Crippen LogP contribution in [-0.4, -0.2) is 30.6 Å². The van der Waals surface area contributed by atoms with Crippen molar-refractivity contribution in [2.75, 3.05) is 19.6 Å². The van der Waals surface area contributed by atoms with E-state index < -0.39 is 0 Å². The van der Waals surface area contributed by atoms with Gasteiger partial charge in [0.1, 0.15) is 0 Å². The van der Waals surface area contributed by atoms with Crippen LogP contribution in [0.4, 0.5) is 0 Å². The SMILES string of the molecule is NC1CCN(CCC23CC4CC(CC(C4)C2)C3)C1. The van der Waals surface area contributed by atoms with Gasteiger partial charge in [-0.1, -0.05) is 0 Å². The molecular formula is C16H28N2. The average molecular weight is 248 g/mol. The third-order valence-corrected chi connectivity index (χ3v) is 6.43. The normalized spacial score (nSPS) is 51.2. The van der Waals surface area contributed by atoms with Gasteiger partial charge in [-0.2, -0.15) is 0 Å². The molecule has 2 nitrogen and oxygen atoms in total. The van der Waals surface area contributed by atoms with Crippen molar-refractivity contribution < 1.29 is 0 Å². The van der Waals surface area contributed by atoms with Crippen LogP contribution in [0.15, 0.2) is 0 Å². The predicted octanol–water partition coefficient (Wildman–Crippen LogP) is 2.63. The molecular weight excluding hydrogens is 220 g/mol. The smallest absolute Gasteiger partial charge is 0.0180 e. The van der Waals surface area contributed by atoms with Gasteiger partial charge in [-0.3, -0.25) is 0 Å². The summed E-state index contributed by atoms with van der Waals surface area (Å²) in [5, 5.41) is 0. The largest absolute Gasteiger partial charge is 0.326 e. The quantitative estimate of drug-likeness (QED) is 0.832. The van der Waals surface area contributed by atoms with Crippen molar-refractivity contribution in [2.24, 2.45) is 28.9 Å². The Bertz CT molecular complexity index is 290. The number of rotatable bonds is 3. The second-order valence-electron chi connectivity index (χ2n) is 8.02. The van der Waals surface area contributed by atoms with Crippen LogP contribution < -0.4 is 5.73 Å².